The van der Waals surface area contributed by atoms with Crippen LogP contribution in [0.15, 0.2) is 39.8 Å². The Morgan fingerprint density at radius 2 is 2.10 bits per heavy atom. The largest absolute Gasteiger partial charge is 0.497 e. The maximum Gasteiger partial charge on any atom is 0.191 e. The van der Waals surface area contributed by atoms with Gasteiger partial charge in [-0.25, -0.2) is 4.99 Å². The summed E-state index contributed by atoms with van der Waals surface area (Å²) in [4.78, 5) is 7.12. The molecule has 0 bridgehead atoms. The van der Waals surface area contributed by atoms with E-state index in [-0.39, 0.29) is 0 Å². The van der Waals surface area contributed by atoms with Crippen LogP contribution in [0.5, 0.6) is 5.75 Å². The average Bonchev–Trinajstić information content (AvgIpc) is 3.47. The minimum Gasteiger partial charge on any atom is -0.497 e. The molecule has 1 aromatic carbocycles. The van der Waals surface area contributed by atoms with Crippen molar-refractivity contribution in [2.75, 3.05) is 38.2 Å². The molecular formula is C24H37N5O2. The third kappa shape index (κ3) is 6.39. The zero-order valence-corrected chi connectivity index (χ0v) is 19.4. The second kappa shape index (κ2) is 11.6. The van der Waals surface area contributed by atoms with Crippen LogP contribution in [-0.4, -0.2) is 44.4 Å². The number of methoxy groups -OCH3 is 1. The Bertz CT molecular complexity index is 831. The summed E-state index contributed by atoms with van der Waals surface area (Å²) in [6.07, 6.45) is 3.30. The number of aromatic nitrogens is 1. The van der Waals surface area contributed by atoms with Crippen LogP contribution >= 0.6 is 0 Å². The van der Waals surface area contributed by atoms with Crippen molar-refractivity contribution >= 4 is 11.6 Å². The lowest BCUT2D eigenvalue weighted by molar-refractivity contribution is 0.372. The van der Waals surface area contributed by atoms with E-state index in [0.29, 0.717) is 18.4 Å². The van der Waals surface area contributed by atoms with Crippen molar-refractivity contribution < 1.29 is 9.26 Å². The fourth-order valence-corrected chi connectivity index (χ4v) is 4.08. The van der Waals surface area contributed by atoms with Crippen molar-refractivity contribution in [2.45, 2.75) is 52.5 Å². The van der Waals surface area contributed by atoms with E-state index in [0.717, 1.165) is 68.6 Å². The molecule has 1 saturated heterocycles. The SMILES string of the molecule is CCNC(=NCc1cc(C(CC)CC)no1)NCC1CCN(c2cccc(OC)c2)C1. The van der Waals surface area contributed by atoms with Gasteiger partial charge in [0.2, 0.25) is 0 Å². The van der Waals surface area contributed by atoms with Crippen LogP contribution in [0.25, 0.3) is 0 Å². The van der Waals surface area contributed by atoms with Gasteiger partial charge in [-0.3, -0.25) is 0 Å². The van der Waals surface area contributed by atoms with E-state index in [1.54, 1.807) is 7.11 Å². The Hall–Kier alpha value is -2.70. The van der Waals surface area contributed by atoms with Gasteiger partial charge < -0.3 is 24.8 Å². The van der Waals surface area contributed by atoms with Crippen LogP contribution in [0.3, 0.4) is 0 Å². The standard InChI is InChI=1S/C24H37N5O2/c1-5-19(6-2)23-14-22(31-28-23)16-27-24(25-7-3)26-15-18-11-12-29(17-18)20-9-8-10-21(13-20)30-4/h8-10,13-14,18-19H,5-7,11-12,15-17H2,1-4H3,(H2,25,26,27). The molecule has 0 spiro atoms. The molecule has 2 heterocycles. The molecule has 0 amide bonds. The number of guanidine groups is 1. The molecule has 3 rings (SSSR count). The van der Waals surface area contributed by atoms with Gasteiger partial charge in [-0.1, -0.05) is 25.1 Å². The minimum absolute atomic E-state index is 0.461. The first-order chi connectivity index (χ1) is 15.2. The van der Waals surface area contributed by atoms with Gasteiger partial charge in [-0.05, 0) is 44.2 Å². The van der Waals surface area contributed by atoms with E-state index in [4.69, 9.17) is 14.3 Å². The lowest BCUT2D eigenvalue weighted by atomic mass is 9.99. The predicted molar refractivity (Wildman–Crippen MR) is 126 cm³/mol. The highest BCUT2D eigenvalue weighted by Crippen LogP contribution is 2.26. The van der Waals surface area contributed by atoms with Gasteiger partial charge in [0.25, 0.3) is 0 Å². The van der Waals surface area contributed by atoms with Crippen LogP contribution in [0.4, 0.5) is 5.69 Å². The van der Waals surface area contributed by atoms with E-state index in [1.807, 2.05) is 18.2 Å². The molecule has 1 unspecified atom stereocenters. The molecular weight excluding hydrogens is 390 g/mol. The highest BCUT2D eigenvalue weighted by atomic mass is 16.5. The molecule has 0 radical (unpaired) electrons. The average molecular weight is 428 g/mol. The summed E-state index contributed by atoms with van der Waals surface area (Å²) in [5.41, 5.74) is 2.26. The zero-order valence-electron chi connectivity index (χ0n) is 19.4. The number of nitrogens with zero attached hydrogens (tertiary/aromatic N) is 3. The second-order valence-electron chi connectivity index (χ2n) is 8.11. The number of rotatable bonds is 10. The molecule has 2 N–H and O–H groups in total. The van der Waals surface area contributed by atoms with Crippen LogP contribution in [-0.2, 0) is 6.54 Å². The smallest absolute Gasteiger partial charge is 0.191 e. The Labute approximate surface area is 186 Å². The zero-order chi connectivity index (χ0) is 22.1. The number of benzene rings is 1. The maximum absolute atomic E-state index is 5.51. The lowest BCUT2D eigenvalue weighted by Gasteiger charge is -2.20. The molecule has 31 heavy (non-hydrogen) atoms. The van der Waals surface area contributed by atoms with Gasteiger partial charge in [0, 0.05) is 49.9 Å². The summed E-state index contributed by atoms with van der Waals surface area (Å²) >= 11 is 0. The molecule has 7 nitrogen and oxygen atoms in total. The van der Waals surface area contributed by atoms with Crippen molar-refractivity contribution in [3.8, 4) is 5.75 Å². The van der Waals surface area contributed by atoms with Crippen LogP contribution in [0.2, 0.25) is 0 Å². The molecule has 1 aliphatic heterocycles. The van der Waals surface area contributed by atoms with Crippen LogP contribution in [0.1, 0.15) is 57.4 Å². The Kier molecular flexibility index (Phi) is 8.62. The van der Waals surface area contributed by atoms with Crippen LogP contribution in [0, 0.1) is 5.92 Å². The van der Waals surface area contributed by atoms with E-state index < -0.39 is 0 Å². The fourth-order valence-electron chi connectivity index (χ4n) is 4.08. The Balaban J connectivity index is 1.52. The number of ether oxygens (including phenoxy) is 1. The molecule has 170 valence electrons. The van der Waals surface area contributed by atoms with Gasteiger partial charge in [0.05, 0.1) is 12.8 Å². The minimum atomic E-state index is 0.461. The van der Waals surface area contributed by atoms with Gasteiger partial charge in [0.1, 0.15) is 12.3 Å². The van der Waals surface area contributed by atoms with E-state index in [1.165, 1.54) is 5.69 Å². The molecule has 1 atom stereocenters. The summed E-state index contributed by atoms with van der Waals surface area (Å²) < 4.78 is 10.9. The van der Waals surface area contributed by atoms with E-state index in [9.17, 15) is 0 Å². The van der Waals surface area contributed by atoms with Crippen molar-refractivity contribution in [3.63, 3.8) is 0 Å². The maximum atomic E-state index is 5.51. The fraction of sp³-hybridized carbons (Fsp3) is 0.583. The molecule has 2 aromatic rings. The highest BCUT2D eigenvalue weighted by molar-refractivity contribution is 5.79. The van der Waals surface area contributed by atoms with Crippen LogP contribution < -0.4 is 20.3 Å². The first-order valence-corrected chi connectivity index (χ1v) is 11.5. The van der Waals surface area contributed by atoms with Crippen molar-refractivity contribution in [3.05, 3.63) is 41.8 Å². The van der Waals surface area contributed by atoms with Gasteiger partial charge in [-0.2, -0.15) is 0 Å². The first kappa shape index (κ1) is 23.0. The summed E-state index contributed by atoms with van der Waals surface area (Å²) in [6.45, 7) is 10.7. The Morgan fingerprint density at radius 1 is 1.26 bits per heavy atom. The van der Waals surface area contributed by atoms with E-state index >= 15 is 0 Å². The number of hydrogen-bond donors (Lipinski definition) is 2. The van der Waals surface area contributed by atoms with Crippen molar-refractivity contribution in [1.29, 1.82) is 0 Å². The molecule has 7 heteroatoms. The molecule has 1 fully saturated rings. The molecule has 0 saturated carbocycles. The quantitative estimate of drug-likeness (QED) is 0.438. The predicted octanol–water partition coefficient (Wildman–Crippen LogP) is 4.17. The number of hydrogen-bond acceptors (Lipinski definition) is 5. The summed E-state index contributed by atoms with van der Waals surface area (Å²) in [5.74, 6) is 3.57. The topological polar surface area (TPSA) is 74.9 Å². The van der Waals surface area contributed by atoms with Crippen molar-refractivity contribution in [1.82, 2.24) is 15.8 Å². The Morgan fingerprint density at radius 3 is 2.84 bits per heavy atom. The number of anilines is 1. The summed E-state index contributed by atoms with van der Waals surface area (Å²) in [6, 6.07) is 10.3. The van der Waals surface area contributed by atoms with E-state index in [2.05, 4.69) is 53.6 Å². The number of nitrogens with one attached hydrogen (secondary N) is 2. The summed E-state index contributed by atoms with van der Waals surface area (Å²) in [5, 5.41) is 11.1. The third-order valence-corrected chi connectivity index (χ3v) is 5.98. The number of aliphatic imine (C=N–C) groups is 1. The van der Waals surface area contributed by atoms with Gasteiger partial charge in [0.15, 0.2) is 11.7 Å². The molecule has 1 aromatic heterocycles. The normalized spacial score (nSPS) is 16.7. The molecule has 0 aliphatic carbocycles. The first-order valence-electron chi connectivity index (χ1n) is 11.5. The monoisotopic (exact) mass is 427 g/mol. The van der Waals surface area contributed by atoms with Gasteiger partial charge in [-0.15, -0.1) is 0 Å². The summed E-state index contributed by atoms with van der Waals surface area (Å²) in [7, 11) is 1.71. The van der Waals surface area contributed by atoms with Gasteiger partial charge >= 0.3 is 0 Å². The highest BCUT2D eigenvalue weighted by Gasteiger charge is 2.23. The lowest BCUT2D eigenvalue weighted by Crippen LogP contribution is -2.40. The molecule has 1 aliphatic rings. The third-order valence-electron chi connectivity index (χ3n) is 5.98. The van der Waals surface area contributed by atoms with Crippen molar-refractivity contribution in [2.24, 2.45) is 10.9 Å². The second-order valence-corrected chi connectivity index (χ2v) is 8.11.